The number of hydrogen-bond donors (Lipinski definition) is 3. The number of sulfonamides is 1. The normalized spacial score (nSPS) is 19.4. The number of nitrogens with two attached hydrogens (primary N) is 1. The molecular formula is C12H17N3O3S. The molecule has 19 heavy (non-hydrogen) atoms. The molecule has 1 amide bonds. The van der Waals surface area contributed by atoms with Crippen LogP contribution < -0.4 is 15.8 Å². The highest BCUT2D eigenvalue weighted by atomic mass is 32.2. The van der Waals surface area contributed by atoms with Crippen molar-refractivity contribution >= 4 is 21.6 Å². The van der Waals surface area contributed by atoms with Crippen molar-refractivity contribution in [2.75, 3.05) is 11.9 Å². The van der Waals surface area contributed by atoms with Gasteiger partial charge in [-0.3, -0.25) is 4.79 Å². The molecule has 6 nitrogen and oxygen atoms in total. The van der Waals surface area contributed by atoms with Crippen LogP contribution in [-0.4, -0.2) is 26.9 Å². The number of carbonyl (C=O) groups excluding carboxylic acids is 1. The average molecular weight is 283 g/mol. The van der Waals surface area contributed by atoms with Crippen LogP contribution in [0.4, 0.5) is 5.69 Å². The predicted octanol–water partition coefficient (Wildman–Crippen LogP) is 0.333. The smallest absolute Gasteiger partial charge is 0.241 e. The summed E-state index contributed by atoms with van der Waals surface area (Å²) >= 11 is 0. The third kappa shape index (κ3) is 3.31. The summed E-state index contributed by atoms with van der Waals surface area (Å²) in [5.41, 5.74) is 1.27. The van der Waals surface area contributed by atoms with Gasteiger partial charge in [0.15, 0.2) is 0 Å². The van der Waals surface area contributed by atoms with E-state index in [9.17, 15) is 13.2 Å². The van der Waals surface area contributed by atoms with Crippen LogP contribution in [0.5, 0.6) is 0 Å². The maximum absolute atomic E-state index is 12.0. The number of aryl methyl sites for hydroxylation is 1. The van der Waals surface area contributed by atoms with E-state index in [0.717, 1.165) is 24.9 Å². The van der Waals surface area contributed by atoms with Gasteiger partial charge >= 0.3 is 0 Å². The van der Waals surface area contributed by atoms with Crippen molar-refractivity contribution in [2.24, 2.45) is 5.14 Å². The van der Waals surface area contributed by atoms with E-state index in [1.165, 1.54) is 12.1 Å². The minimum Gasteiger partial charge on any atom is -0.324 e. The fraction of sp³-hybridized carbons (Fsp3) is 0.417. The molecule has 1 aliphatic rings. The Balaban J connectivity index is 2.22. The molecule has 0 saturated carbocycles. The van der Waals surface area contributed by atoms with Crippen molar-refractivity contribution in [3.8, 4) is 0 Å². The molecule has 1 saturated heterocycles. The molecule has 1 aliphatic heterocycles. The minimum atomic E-state index is -3.76. The van der Waals surface area contributed by atoms with Crippen molar-refractivity contribution in [1.29, 1.82) is 0 Å². The van der Waals surface area contributed by atoms with Gasteiger partial charge in [-0.15, -0.1) is 0 Å². The monoisotopic (exact) mass is 283 g/mol. The van der Waals surface area contributed by atoms with Crippen molar-refractivity contribution in [1.82, 2.24) is 5.32 Å². The van der Waals surface area contributed by atoms with Crippen molar-refractivity contribution in [3.63, 3.8) is 0 Å². The molecule has 0 bridgehead atoms. The number of amides is 1. The van der Waals surface area contributed by atoms with Gasteiger partial charge in [0, 0.05) is 5.69 Å². The van der Waals surface area contributed by atoms with E-state index < -0.39 is 10.0 Å². The zero-order chi connectivity index (χ0) is 14.0. The van der Waals surface area contributed by atoms with Gasteiger partial charge in [-0.05, 0) is 44.0 Å². The van der Waals surface area contributed by atoms with Crippen LogP contribution in [0.15, 0.2) is 23.1 Å². The third-order valence-electron chi connectivity index (χ3n) is 3.17. The molecule has 7 heteroatoms. The first-order valence-corrected chi connectivity index (χ1v) is 7.60. The summed E-state index contributed by atoms with van der Waals surface area (Å²) in [4.78, 5) is 12.0. The highest BCUT2D eigenvalue weighted by Gasteiger charge is 2.22. The molecule has 104 valence electrons. The van der Waals surface area contributed by atoms with E-state index in [1.807, 2.05) is 0 Å². The first-order chi connectivity index (χ1) is 8.88. The van der Waals surface area contributed by atoms with Gasteiger partial charge in [0.05, 0.1) is 10.9 Å². The van der Waals surface area contributed by atoms with E-state index in [-0.39, 0.29) is 16.8 Å². The fourth-order valence-corrected chi connectivity index (χ4v) is 2.58. The lowest BCUT2D eigenvalue weighted by molar-refractivity contribution is -0.117. The Morgan fingerprint density at radius 3 is 2.79 bits per heavy atom. The molecule has 0 radical (unpaired) electrons. The SMILES string of the molecule is Cc1ccc(S(N)(=O)=O)cc1NC(=O)[C@@H]1CCCN1. The van der Waals surface area contributed by atoms with Crippen LogP contribution in [0, 0.1) is 6.92 Å². The molecule has 1 aromatic rings. The van der Waals surface area contributed by atoms with Crippen LogP contribution in [0.3, 0.4) is 0 Å². The Labute approximate surface area is 112 Å². The van der Waals surface area contributed by atoms with Crippen LogP contribution in [-0.2, 0) is 14.8 Å². The van der Waals surface area contributed by atoms with E-state index in [4.69, 9.17) is 5.14 Å². The van der Waals surface area contributed by atoms with Gasteiger partial charge in [-0.2, -0.15) is 0 Å². The fourth-order valence-electron chi connectivity index (χ4n) is 2.04. The van der Waals surface area contributed by atoms with Gasteiger partial charge in [0.1, 0.15) is 0 Å². The summed E-state index contributed by atoms with van der Waals surface area (Å²) in [5, 5.41) is 10.9. The summed E-state index contributed by atoms with van der Waals surface area (Å²) in [6.45, 7) is 2.62. The second-order valence-corrected chi connectivity index (χ2v) is 6.22. The number of primary sulfonamides is 1. The number of anilines is 1. The minimum absolute atomic E-state index is 0.00668. The quantitative estimate of drug-likeness (QED) is 0.744. The zero-order valence-corrected chi connectivity index (χ0v) is 11.5. The highest BCUT2D eigenvalue weighted by Crippen LogP contribution is 2.20. The van der Waals surface area contributed by atoms with Gasteiger partial charge in [0.25, 0.3) is 0 Å². The van der Waals surface area contributed by atoms with Crippen LogP contribution in [0.1, 0.15) is 18.4 Å². The Morgan fingerprint density at radius 2 is 2.21 bits per heavy atom. The number of hydrogen-bond acceptors (Lipinski definition) is 4. The molecule has 1 atom stereocenters. The Bertz CT molecular complexity index is 592. The van der Waals surface area contributed by atoms with E-state index in [1.54, 1.807) is 13.0 Å². The van der Waals surface area contributed by atoms with Gasteiger partial charge in [-0.1, -0.05) is 6.07 Å². The number of benzene rings is 1. The Morgan fingerprint density at radius 1 is 1.47 bits per heavy atom. The summed E-state index contributed by atoms with van der Waals surface area (Å²) in [5.74, 6) is -0.146. The number of carbonyl (C=O) groups is 1. The summed E-state index contributed by atoms with van der Waals surface area (Å²) in [7, 11) is -3.76. The first-order valence-electron chi connectivity index (χ1n) is 6.05. The Hall–Kier alpha value is -1.44. The summed E-state index contributed by atoms with van der Waals surface area (Å²) in [6, 6.07) is 4.22. The van der Waals surface area contributed by atoms with Gasteiger partial charge in [-0.25, -0.2) is 13.6 Å². The standard InChI is InChI=1S/C12H17N3O3S/c1-8-4-5-9(19(13,17)18)7-11(8)15-12(16)10-3-2-6-14-10/h4-5,7,10,14H,2-3,6H2,1H3,(H,15,16)(H2,13,17,18)/t10-/m0/s1. The van der Waals surface area contributed by atoms with E-state index >= 15 is 0 Å². The molecule has 0 spiro atoms. The van der Waals surface area contributed by atoms with Gasteiger partial charge in [0.2, 0.25) is 15.9 Å². The molecule has 1 aromatic carbocycles. The summed E-state index contributed by atoms with van der Waals surface area (Å²) < 4.78 is 22.6. The number of rotatable bonds is 3. The van der Waals surface area contributed by atoms with Gasteiger partial charge < -0.3 is 10.6 Å². The average Bonchev–Trinajstić information content (AvgIpc) is 2.84. The van der Waals surface area contributed by atoms with Crippen molar-refractivity contribution in [3.05, 3.63) is 23.8 Å². The van der Waals surface area contributed by atoms with Crippen LogP contribution >= 0.6 is 0 Å². The molecule has 1 fully saturated rings. The molecule has 1 heterocycles. The zero-order valence-electron chi connectivity index (χ0n) is 10.6. The van der Waals surface area contributed by atoms with Crippen LogP contribution in [0.25, 0.3) is 0 Å². The third-order valence-corrected chi connectivity index (χ3v) is 4.08. The largest absolute Gasteiger partial charge is 0.324 e. The topological polar surface area (TPSA) is 101 Å². The molecule has 4 N–H and O–H groups in total. The summed E-state index contributed by atoms with van der Waals surface area (Å²) in [6.07, 6.45) is 1.76. The highest BCUT2D eigenvalue weighted by molar-refractivity contribution is 7.89. The second kappa shape index (κ2) is 5.28. The maximum atomic E-state index is 12.0. The molecular weight excluding hydrogens is 266 g/mol. The van der Waals surface area contributed by atoms with Crippen LogP contribution in [0.2, 0.25) is 0 Å². The van der Waals surface area contributed by atoms with E-state index in [0.29, 0.717) is 5.69 Å². The maximum Gasteiger partial charge on any atom is 0.241 e. The lowest BCUT2D eigenvalue weighted by Gasteiger charge is -2.13. The molecule has 0 aromatic heterocycles. The molecule has 0 aliphatic carbocycles. The van der Waals surface area contributed by atoms with Crippen molar-refractivity contribution < 1.29 is 13.2 Å². The Kier molecular flexibility index (Phi) is 3.88. The lowest BCUT2D eigenvalue weighted by atomic mass is 10.1. The lowest BCUT2D eigenvalue weighted by Crippen LogP contribution is -2.35. The molecule has 2 rings (SSSR count). The van der Waals surface area contributed by atoms with Crippen molar-refractivity contribution in [2.45, 2.75) is 30.7 Å². The predicted molar refractivity (Wildman–Crippen MR) is 72.2 cm³/mol. The second-order valence-electron chi connectivity index (χ2n) is 4.66. The number of nitrogens with one attached hydrogen (secondary N) is 2. The molecule has 0 unspecified atom stereocenters. The first kappa shape index (κ1) is 14.0. The van der Waals surface area contributed by atoms with E-state index in [2.05, 4.69) is 10.6 Å².